The van der Waals surface area contributed by atoms with Gasteiger partial charge in [0.25, 0.3) is 5.91 Å². The third kappa shape index (κ3) is 3.66. The predicted molar refractivity (Wildman–Crippen MR) is 87.6 cm³/mol. The summed E-state index contributed by atoms with van der Waals surface area (Å²) < 4.78 is 44.7. The van der Waals surface area contributed by atoms with E-state index < -0.39 is 11.7 Å². The molecule has 2 aliphatic rings. The predicted octanol–water partition coefficient (Wildman–Crippen LogP) is 3.24. The number of amides is 1. The highest BCUT2D eigenvalue weighted by molar-refractivity contribution is 5.97. The lowest BCUT2D eigenvalue weighted by molar-refractivity contribution is -0.137. The lowest BCUT2D eigenvalue weighted by Crippen LogP contribution is -2.42. The maximum absolute atomic E-state index is 13.1. The fraction of sp³-hybridized carbons (Fsp3) is 0.500. The molecular weight excluding hydrogens is 333 g/mol. The van der Waals surface area contributed by atoms with Crippen LogP contribution in [0.25, 0.3) is 0 Å². The molecule has 3 rings (SSSR count). The number of halogens is 3. The summed E-state index contributed by atoms with van der Waals surface area (Å²) in [6, 6.07) is 3.14. The van der Waals surface area contributed by atoms with E-state index in [-0.39, 0.29) is 35.9 Å². The molecule has 1 N–H and O–H groups in total. The van der Waals surface area contributed by atoms with E-state index in [9.17, 15) is 18.0 Å². The molecule has 2 saturated heterocycles. The molecule has 2 aliphatic heterocycles. The molecule has 2 heterocycles. The van der Waals surface area contributed by atoms with Crippen molar-refractivity contribution in [2.45, 2.75) is 37.5 Å². The minimum absolute atomic E-state index is 0.0156. The summed E-state index contributed by atoms with van der Waals surface area (Å²) in [5, 5.41) is 3.28. The quantitative estimate of drug-likeness (QED) is 0.844. The van der Waals surface area contributed by atoms with Gasteiger partial charge in [0, 0.05) is 18.6 Å². The fourth-order valence-electron chi connectivity index (χ4n) is 3.60. The van der Waals surface area contributed by atoms with Crippen LogP contribution in [0.1, 0.15) is 35.2 Å². The summed E-state index contributed by atoms with van der Waals surface area (Å²) in [4.78, 5) is 14.8. The summed E-state index contributed by atoms with van der Waals surface area (Å²) in [5.41, 5.74) is -0.877. The van der Waals surface area contributed by atoms with Gasteiger partial charge in [-0.2, -0.15) is 13.2 Å². The van der Waals surface area contributed by atoms with Gasteiger partial charge in [-0.25, -0.2) is 0 Å². The Bertz CT molecular complexity index is 646. The first-order valence-corrected chi connectivity index (χ1v) is 8.40. The number of alkyl halides is 3. The standard InChI is InChI=1S/C18H21F3N2O2/c1-2-9-25-16-6-3-12(18(19,20)21)10-15(16)17(24)23-13-4-5-14(23)11-22-8-7-13/h2-3,6,10,13-14,22H,1,4-5,7-9,11H2. The van der Waals surface area contributed by atoms with Crippen LogP contribution in [0.2, 0.25) is 0 Å². The van der Waals surface area contributed by atoms with Crippen LogP contribution in [0.5, 0.6) is 5.75 Å². The Hall–Kier alpha value is -2.02. The highest BCUT2D eigenvalue weighted by atomic mass is 19.4. The molecule has 2 atom stereocenters. The molecule has 0 aliphatic carbocycles. The number of nitrogens with one attached hydrogen (secondary N) is 1. The van der Waals surface area contributed by atoms with E-state index >= 15 is 0 Å². The van der Waals surface area contributed by atoms with E-state index in [0.29, 0.717) is 6.54 Å². The Kier molecular flexibility index (Phi) is 5.03. The minimum atomic E-state index is -4.51. The maximum Gasteiger partial charge on any atom is 0.416 e. The zero-order chi connectivity index (χ0) is 18.0. The summed E-state index contributed by atoms with van der Waals surface area (Å²) >= 11 is 0. The molecule has 0 aromatic heterocycles. The van der Waals surface area contributed by atoms with Gasteiger partial charge in [0.15, 0.2) is 0 Å². The number of benzene rings is 1. The largest absolute Gasteiger partial charge is 0.489 e. The van der Waals surface area contributed by atoms with E-state index in [1.807, 2.05) is 0 Å². The molecule has 136 valence electrons. The fourth-order valence-corrected chi connectivity index (χ4v) is 3.60. The lowest BCUT2D eigenvalue weighted by Gasteiger charge is -2.29. The smallest absolute Gasteiger partial charge is 0.416 e. The van der Waals surface area contributed by atoms with Crippen LogP contribution in [0, 0.1) is 0 Å². The van der Waals surface area contributed by atoms with Crippen LogP contribution in [0.15, 0.2) is 30.9 Å². The number of hydrogen-bond acceptors (Lipinski definition) is 3. The summed E-state index contributed by atoms with van der Waals surface area (Å²) in [6.45, 7) is 5.14. The van der Waals surface area contributed by atoms with Crippen molar-refractivity contribution in [3.05, 3.63) is 42.0 Å². The summed E-state index contributed by atoms with van der Waals surface area (Å²) in [7, 11) is 0. The van der Waals surface area contributed by atoms with Crippen LogP contribution >= 0.6 is 0 Å². The number of fused-ring (bicyclic) bond motifs is 2. The first-order valence-electron chi connectivity index (χ1n) is 8.40. The Morgan fingerprint density at radius 3 is 2.80 bits per heavy atom. The highest BCUT2D eigenvalue weighted by Crippen LogP contribution is 2.36. The molecule has 1 amide bonds. The number of ether oxygens (including phenoxy) is 1. The zero-order valence-corrected chi connectivity index (χ0v) is 13.8. The van der Waals surface area contributed by atoms with Gasteiger partial charge in [0.05, 0.1) is 11.1 Å². The molecule has 1 aromatic carbocycles. The SMILES string of the molecule is C=CCOc1ccc(C(F)(F)F)cc1C(=O)N1C2CCNCC1CC2. The number of hydrogen-bond donors (Lipinski definition) is 1. The second-order valence-electron chi connectivity index (χ2n) is 6.40. The molecule has 2 unspecified atom stereocenters. The van der Waals surface area contributed by atoms with E-state index in [1.54, 1.807) is 4.90 Å². The van der Waals surface area contributed by atoms with Crippen molar-refractivity contribution < 1.29 is 22.7 Å². The lowest BCUT2D eigenvalue weighted by atomic mass is 10.1. The average molecular weight is 354 g/mol. The molecule has 2 bridgehead atoms. The van der Waals surface area contributed by atoms with E-state index in [0.717, 1.165) is 37.9 Å². The molecule has 4 nitrogen and oxygen atoms in total. The van der Waals surface area contributed by atoms with Crippen molar-refractivity contribution in [2.75, 3.05) is 19.7 Å². The van der Waals surface area contributed by atoms with Crippen molar-refractivity contribution >= 4 is 5.91 Å². The van der Waals surface area contributed by atoms with E-state index in [2.05, 4.69) is 11.9 Å². The monoisotopic (exact) mass is 354 g/mol. The molecular formula is C18H21F3N2O2. The van der Waals surface area contributed by atoms with Gasteiger partial charge in [-0.15, -0.1) is 0 Å². The molecule has 25 heavy (non-hydrogen) atoms. The van der Waals surface area contributed by atoms with Gasteiger partial charge < -0.3 is 15.0 Å². The Balaban J connectivity index is 1.97. The Labute approximate surface area is 144 Å². The van der Waals surface area contributed by atoms with Crippen molar-refractivity contribution in [2.24, 2.45) is 0 Å². The van der Waals surface area contributed by atoms with E-state index in [1.165, 1.54) is 12.1 Å². The number of rotatable bonds is 4. The molecule has 0 spiro atoms. The Morgan fingerprint density at radius 2 is 2.08 bits per heavy atom. The average Bonchev–Trinajstić information content (AvgIpc) is 2.84. The molecule has 0 radical (unpaired) electrons. The normalized spacial score (nSPS) is 23.2. The molecule has 7 heteroatoms. The van der Waals surface area contributed by atoms with Gasteiger partial charge >= 0.3 is 6.18 Å². The van der Waals surface area contributed by atoms with Crippen molar-refractivity contribution in [1.29, 1.82) is 0 Å². The first-order chi connectivity index (χ1) is 11.9. The molecule has 2 fully saturated rings. The third-order valence-corrected chi connectivity index (χ3v) is 4.78. The molecule has 1 aromatic rings. The van der Waals surface area contributed by atoms with Crippen molar-refractivity contribution in [1.82, 2.24) is 10.2 Å². The molecule has 0 saturated carbocycles. The number of carbonyl (C=O) groups is 1. The third-order valence-electron chi connectivity index (χ3n) is 4.78. The Morgan fingerprint density at radius 1 is 1.32 bits per heavy atom. The second kappa shape index (κ2) is 7.07. The summed E-state index contributed by atoms with van der Waals surface area (Å²) in [6.07, 6.45) is -0.452. The van der Waals surface area contributed by atoms with Gasteiger partial charge in [0.2, 0.25) is 0 Å². The summed E-state index contributed by atoms with van der Waals surface area (Å²) in [5.74, 6) is -0.226. The van der Waals surface area contributed by atoms with Gasteiger partial charge in [-0.1, -0.05) is 12.7 Å². The number of carbonyl (C=O) groups excluding carboxylic acids is 1. The first kappa shape index (κ1) is 17.8. The van der Waals surface area contributed by atoms with Crippen molar-refractivity contribution in [3.63, 3.8) is 0 Å². The van der Waals surface area contributed by atoms with Crippen LogP contribution in [-0.4, -0.2) is 42.6 Å². The maximum atomic E-state index is 13.1. The van der Waals surface area contributed by atoms with Crippen LogP contribution in [0.4, 0.5) is 13.2 Å². The topological polar surface area (TPSA) is 41.6 Å². The van der Waals surface area contributed by atoms with Crippen LogP contribution in [0.3, 0.4) is 0 Å². The second-order valence-corrected chi connectivity index (χ2v) is 6.40. The van der Waals surface area contributed by atoms with Crippen molar-refractivity contribution in [3.8, 4) is 5.75 Å². The van der Waals surface area contributed by atoms with Crippen LogP contribution in [-0.2, 0) is 6.18 Å². The van der Waals surface area contributed by atoms with Gasteiger partial charge in [-0.05, 0) is 44.0 Å². The number of nitrogens with zero attached hydrogens (tertiary/aromatic N) is 1. The van der Waals surface area contributed by atoms with E-state index in [4.69, 9.17) is 4.74 Å². The van der Waals surface area contributed by atoms with Gasteiger partial charge in [0.1, 0.15) is 12.4 Å². The zero-order valence-electron chi connectivity index (χ0n) is 13.8. The van der Waals surface area contributed by atoms with Gasteiger partial charge in [-0.3, -0.25) is 4.79 Å². The minimum Gasteiger partial charge on any atom is -0.489 e. The highest BCUT2D eigenvalue weighted by Gasteiger charge is 2.40. The van der Waals surface area contributed by atoms with Crippen LogP contribution < -0.4 is 10.1 Å².